The number of alkyl carbamates (subject to hydrolysis) is 1. The van der Waals surface area contributed by atoms with Crippen LogP contribution in [0.1, 0.15) is 24.0 Å². The number of amides is 1. The quantitative estimate of drug-likeness (QED) is 0.360. The van der Waals surface area contributed by atoms with Gasteiger partial charge in [-0.3, -0.25) is 4.79 Å². The largest absolute Gasteiger partial charge is 0.461 e. The van der Waals surface area contributed by atoms with Crippen LogP contribution in [0.25, 0.3) is 0 Å². The third kappa shape index (κ3) is 8.66. The Morgan fingerprint density at radius 1 is 0.828 bits per heavy atom. The van der Waals surface area contributed by atoms with E-state index in [9.17, 15) is 14.4 Å². The highest BCUT2D eigenvalue weighted by atomic mass is 35.5. The van der Waals surface area contributed by atoms with E-state index in [1.54, 1.807) is 12.1 Å². The zero-order chi connectivity index (χ0) is 20.9. The highest BCUT2D eigenvalue weighted by molar-refractivity contribution is 6.17. The number of alkyl halides is 1. The van der Waals surface area contributed by atoms with Crippen molar-refractivity contribution in [2.75, 3.05) is 6.07 Å². The van der Waals surface area contributed by atoms with E-state index >= 15 is 0 Å². The van der Waals surface area contributed by atoms with Gasteiger partial charge in [-0.15, -0.1) is 0 Å². The molecule has 0 unspecified atom stereocenters. The zero-order valence-electron chi connectivity index (χ0n) is 15.7. The van der Waals surface area contributed by atoms with Gasteiger partial charge in [-0.1, -0.05) is 72.3 Å². The summed E-state index contributed by atoms with van der Waals surface area (Å²) in [6, 6.07) is 16.9. The lowest BCUT2D eigenvalue weighted by Gasteiger charge is -2.17. The number of benzene rings is 2. The first kappa shape index (κ1) is 22.2. The smallest absolute Gasteiger partial charge is 0.409 e. The molecule has 154 valence electrons. The van der Waals surface area contributed by atoms with Gasteiger partial charge < -0.3 is 19.5 Å². The summed E-state index contributed by atoms with van der Waals surface area (Å²) >= 11 is 5.35. The summed E-state index contributed by atoms with van der Waals surface area (Å²) in [7, 11) is 0. The minimum Gasteiger partial charge on any atom is -0.461 e. The molecule has 0 heterocycles. The molecule has 0 fully saturated rings. The van der Waals surface area contributed by atoms with Gasteiger partial charge in [0.15, 0.2) is 6.07 Å². The van der Waals surface area contributed by atoms with E-state index in [2.05, 4.69) is 10.1 Å². The van der Waals surface area contributed by atoms with E-state index in [0.717, 1.165) is 11.1 Å². The molecule has 0 saturated heterocycles. The van der Waals surface area contributed by atoms with Crippen LogP contribution in [0.15, 0.2) is 60.7 Å². The van der Waals surface area contributed by atoms with Crippen molar-refractivity contribution in [3.8, 4) is 0 Å². The molecule has 0 aliphatic carbocycles. The Morgan fingerprint density at radius 2 is 1.38 bits per heavy atom. The van der Waals surface area contributed by atoms with Crippen LogP contribution in [-0.4, -0.2) is 30.1 Å². The second-order valence-corrected chi connectivity index (χ2v) is 6.23. The Hall–Kier alpha value is -3.06. The van der Waals surface area contributed by atoms with E-state index in [1.807, 2.05) is 48.5 Å². The number of hydrogen-bond acceptors (Lipinski definition) is 6. The molecule has 2 aromatic rings. The van der Waals surface area contributed by atoms with Crippen molar-refractivity contribution in [1.29, 1.82) is 0 Å². The van der Waals surface area contributed by atoms with E-state index in [4.69, 9.17) is 21.1 Å². The van der Waals surface area contributed by atoms with Gasteiger partial charge in [0.1, 0.15) is 19.3 Å². The number of rotatable bonds is 10. The molecule has 0 bridgehead atoms. The van der Waals surface area contributed by atoms with E-state index in [-0.39, 0.29) is 32.1 Å². The standard InChI is InChI=1S/C21H22ClNO6/c22-15-29-21(26)23-18(20(25)28-14-17-9-5-2-6-10-17)11-12-19(24)27-13-16-7-3-1-4-8-16/h1-10,18H,11-15H2,(H,23,26)/t18-/m0/s1. The SMILES string of the molecule is O=C(CC[C@H](NC(=O)OCCl)C(=O)OCc1ccccc1)OCc1ccccc1. The predicted octanol–water partition coefficient (Wildman–Crippen LogP) is 3.54. The van der Waals surface area contributed by atoms with Crippen LogP contribution in [0.2, 0.25) is 0 Å². The molecule has 1 N–H and O–H groups in total. The fourth-order valence-electron chi connectivity index (χ4n) is 2.38. The number of esters is 2. The molecule has 2 rings (SSSR count). The summed E-state index contributed by atoms with van der Waals surface area (Å²) in [6.45, 7) is 0.172. The van der Waals surface area contributed by atoms with Crippen molar-refractivity contribution in [3.05, 3.63) is 71.8 Å². The Balaban J connectivity index is 1.85. The van der Waals surface area contributed by atoms with Gasteiger partial charge in [0.25, 0.3) is 0 Å². The van der Waals surface area contributed by atoms with Gasteiger partial charge in [-0.05, 0) is 17.5 Å². The second kappa shape index (κ2) is 12.4. The monoisotopic (exact) mass is 419 g/mol. The van der Waals surface area contributed by atoms with Crippen LogP contribution in [-0.2, 0) is 37.0 Å². The van der Waals surface area contributed by atoms with Crippen LogP contribution in [0.4, 0.5) is 4.79 Å². The highest BCUT2D eigenvalue weighted by Gasteiger charge is 2.24. The maximum Gasteiger partial charge on any atom is 0.409 e. The molecule has 0 saturated carbocycles. The molecule has 0 aliphatic rings. The first-order valence-electron chi connectivity index (χ1n) is 8.98. The second-order valence-electron chi connectivity index (χ2n) is 6.02. The number of nitrogens with one attached hydrogen (secondary N) is 1. The minimum absolute atomic E-state index is 0.00136. The molecule has 0 aliphatic heterocycles. The van der Waals surface area contributed by atoms with E-state index in [0.29, 0.717) is 0 Å². The summed E-state index contributed by atoms with van der Waals surface area (Å²) in [4.78, 5) is 36.0. The van der Waals surface area contributed by atoms with Gasteiger partial charge in [0, 0.05) is 6.42 Å². The average molecular weight is 420 g/mol. The average Bonchev–Trinajstić information content (AvgIpc) is 2.75. The van der Waals surface area contributed by atoms with Crippen LogP contribution in [0.3, 0.4) is 0 Å². The zero-order valence-corrected chi connectivity index (χ0v) is 16.5. The topological polar surface area (TPSA) is 90.9 Å². The Bertz CT molecular complexity index is 784. The van der Waals surface area contributed by atoms with Crippen LogP contribution >= 0.6 is 11.6 Å². The first-order valence-corrected chi connectivity index (χ1v) is 9.51. The van der Waals surface area contributed by atoms with Crippen molar-refractivity contribution in [2.45, 2.75) is 32.1 Å². The molecule has 1 atom stereocenters. The number of carbonyl (C=O) groups is 3. The first-order chi connectivity index (χ1) is 14.1. The highest BCUT2D eigenvalue weighted by Crippen LogP contribution is 2.08. The summed E-state index contributed by atoms with van der Waals surface area (Å²) in [5.41, 5.74) is 1.65. The van der Waals surface area contributed by atoms with Crippen molar-refractivity contribution in [1.82, 2.24) is 5.32 Å². The summed E-state index contributed by atoms with van der Waals surface area (Å²) in [6.07, 6.45) is -0.961. The summed E-state index contributed by atoms with van der Waals surface area (Å²) < 4.78 is 15.0. The van der Waals surface area contributed by atoms with Crippen LogP contribution in [0, 0.1) is 0 Å². The van der Waals surface area contributed by atoms with Crippen LogP contribution in [0.5, 0.6) is 0 Å². The summed E-state index contributed by atoms with van der Waals surface area (Å²) in [5, 5.41) is 2.36. The normalized spacial score (nSPS) is 11.2. The van der Waals surface area contributed by atoms with Crippen LogP contribution < -0.4 is 5.32 Å². The molecule has 0 spiro atoms. The molecular weight excluding hydrogens is 398 g/mol. The van der Waals surface area contributed by atoms with Crippen molar-refractivity contribution >= 4 is 29.6 Å². The van der Waals surface area contributed by atoms with Crippen molar-refractivity contribution in [2.24, 2.45) is 0 Å². The molecule has 8 heteroatoms. The lowest BCUT2D eigenvalue weighted by molar-refractivity contribution is -0.148. The van der Waals surface area contributed by atoms with Crippen molar-refractivity contribution < 1.29 is 28.6 Å². The molecule has 7 nitrogen and oxygen atoms in total. The van der Waals surface area contributed by atoms with Crippen molar-refractivity contribution in [3.63, 3.8) is 0 Å². The third-order valence-corrected chi connectivity index (χ3v) is 3.98. The number of halogens is 1. The van der Waals surface area contributed by atoms with E-state index < -0.39 is 24.1 Å². The fourth-order valence-corrected chi connectivity index (χ4v) is 2.48. The van der Waals surface area contributed by atoms with Gasteiger partial charge in [-0.25, -0.2) is 9.59 Å². The lowest BCUT2D eigenvalue weighted by Crippen LogP contribution is -2.42. The molecule has 2 aromatic carbocycles. The Morgan fingerprint density at radius 3 is 1.93 bits per heavy atom. The number of hydrogen-bond donors (Lipinski definition) is 1. The van der Waals surface area contributed by atoms with Gasteiger partial charge >= 0.3 is 18.0 Å². The molecule has 0 aromatic heterocycles. The van der Waals surface area contributed by atoms with E-state index in [1.165, 1.54) is 0 Å². The summed E-state index contributed by atoms with van der Waals surface area (Å²) in [5.74, 6) is -1.18. The lowest BCUT2D eigenvalue weighted by atomic mass is 10.1. The van der Waals surface area contributed by atoms with Gasteiger partial charge in [0.05, 0.1) is 0 Å². The molecular formula is C21H22ClNO6. The fraction of sp³-hybridized carbons (Fsp3) is 0.286. The van der Waals surface area contributed by atoms with Gasteiger partial charge in [-0.2, -0.15) is 0 Å². The van der Waals surface area contributed by atoms with Gasteiger partial charge in [0.2, 0.25) is 0 Å². The Labute approximate surface area is 173 Å². The maximum absolute atomic E-state index is 12.4. The molecule has 29 heavy (non-hydrogen) atoms. The maximum atomic E-state index is 12.4. The Kier molecular flexibility index (Phi) is 9.51. The predicted molar refractivity (Wildman–Crippen MR) is 106 cm³/mol. The number of ether oxygens (including phenoxy) is 3. The third-order valence-electron chi connectivity index (χ3n) is 3.87. The number of carbonyl (C=O) groups excluding carboxylic acids is 3. The molecule has 0 radical (unpaired) electrons. The molecule has 1 amide bonds. The minimum atomic E-state index is -1.07.